The van der Waals surface area contributed by atoms with Gasteiger partial charge in [-0.25, -0.2) is 4.79 Å². The summed E-state index contributed by atoms with van der Waals surface area (Å²) in [5.74, 6) is 0. The van der Waals surface area contributed by atoms with Crippen LogP contribution in [0.15, 0.2) is 24.3 Å². The van der Waals surface area contributed by atoms with Crippen LogP contribution >= 0.6 is 0 Å². The molecule has 1 aromatic carbocycles. The Morgan fingerprint density at radius 2 is 1.88 bits per heavy atom. The molecule has 0 saturated heterocycles. The van der Waals surface area contributed by atoms with Crippen molar-refractivity contribution in [1.29, 1.82) is 0 Å². The summed E-state index contributed by atoms with van der Waals surface area (Å²) in [6.45, 7) is 4.12. The molecule has 3 rings (SSSR count). The van der Waals surface area contributed by atoms with E-state index in [1.165, 1.54) is 0 Å². The van der Waals surface area contributed by atoms with Crippen LogP contribution in [0.3, 0.4) is 0 Å². The molecule has 1 fully saturated rings. The van der Waals surface area contributed by atoms with Crippen molar-refractivity contribution in [2.24, 2.45) is 0 Å². The molecule has 0 aliphatic heterocycles. The van der Waals surface area contributed by atoms with E-state index in [9.17, 15) is 9.90 Å². The zero-order valence-corrected chi connectivity index (χ0v) is 14.5. The quantitative estimate of drug-likeness (QED) is 0.794. The number of rotatable bonds is 4. The molecule has 132 valence electrons. The van der Waals surface area contributed by atoms with Gasteiger partial charge >= 0.3 is 6.03 Å². The molecule has 0 bridgehead atoms. The largest absolute Gasteiger partial charge is 0.390 e. The lowest BCUT2D eigenvalue weighted by molar-refractivity contribution is -0.0156. The van der Waals surface area contributed by atoms with Crippen LogP contribution in [0.5, 0.6) is 0 Å². The zero-order chi connectivity index (χ0) is 17.1. The third-order valence-corrected chi connectivity index (χ3v) is 4.96. The van der Waals surface area contributed by atoms with E-state index in [0.717, 1.165) is 36.8 Å². The Morgan fingerprint density at radius 3 is 2.58 bits per heavy atom. The molecule has 5 heteroatoms. The molecule has 2 aliphatic carbocycles. The Bertz CT molecular complexity index is 567. The van der Waals surface area contributed by atoms with Crippen molar-refractivity contribution < 1.29 is 14.6 Å². The van der Waals surface area contributed by atoms with Crippen LogP contribution in [0.25, 0.3) is 0 Å². The summed E-state index contributed by atoms with van der Waals surface area (Å²) in [5, 5.41) is 16.2. The fourth-order valence-corrected chi connectivity index (χ4v) is 3.84. The summed E-state index contributed by atoms with van der Waals surface area (Å²) >= 11 is 0. The summed E-state index contributed by atoms with van der Waals surface area (Å²) in [7, 11) is 0. The van der Waals surface area contributed by atoms with Gasteiger partial charge < -0.3 is 20.5 Å². The normalized spacial score (nSPS) is 29.3. The van der Waals surface area contributed by atoms with E-state index in [2.05, 4.69) is 24.5 Å². The standard InChI is InChI=1S/C19H28N2O3/c1-12(2)24-15-9-7-14(8-10-15)20-19(23)21-18-16-6-4-3-5-13(16)11-17(18)22/h3-6,12,14-15,17-18,22H,7-11H2,1-2H3,(H2,20,21,23)/t14?,15?,17-,18+/m1/s1. The maximum Gasteiger partial charge on any atom is 0.315 e. The average Bonchev–Trinajstić information content (AvgIpc) is 2.85. The lowest BCUT2D eigenvalue weighted by Crippen LogP contribution is -2.47. The van der Waals surface area contributed by atoms with Crippen molar-refractivity contribution in [3.8, 4) is 0 Å². The second-order valence-corrected chi connectivity index (χ2v) is 7.22. The van der Waals surface area contributed by atoms with Gasteiger partial charge in [-0.3, -0.25) is 0 Å². The highest BCUT2D eigenvalue weighted by atomic mass is 16.5. The van der Waals surface area contributed by atoms with Gasteiger partial charge in [0.25, 0.3) is 0 Å². The summed E-state index contributed by atoms with van der Waals surface area (Å²) in [4.78, 5) is 12.3. The molecular formula is C19H28N2O3. The molecule has 0 aromatic heterocycles. The molecule has 1 aromatic rings. The first-order valence-electron chi connectivity index (χ1n) is 9.01. The number of carbonyl (C=O) groups excluding carboxylic acids is 1. The first-order valence-corrected chi connectivity index (χ1v) is 9.01. The molecule has 2 aliphatic rings. The van der Waals surface area contributed by atoms with Crippen LogP contribution in [0.1, 0.15) is 56.7 Å². The van der Waals surface area contributed by atoms with E-state index in [-0.39, 0.29) is 24.2 Å². The molecule has 0 radical (unpaired) electrons. The van der Waals surface area contributed by atoms with E-state index in [1.54, 1.807) is 0 Å². The van der Waals surface area contributed by atoms with E-state index < -0.39 is 6.10 Å². The van der Waals surface area contributed by atoms with Gasteiger partial charge in [0.2, 0.25) is 0 Å². The SMILES string of the molecule is CC(C)OC1CCC(NC(=O)N[C@H]2c3ccccc3C[C@H]2O)CC1. The van der Waals surface area contributed by atoms with Gasteiger partial charge in [0, 0.05) is 12.5 Å². The van der Waals surface area contributed by atoms with Crippen molar-refractivity contribution >= 4 is 6.03 Å². The fraction of sp³-hybridized carbons (Fsp3) is 0.632. The first kappa shape index (κ1) is 17.2. The number of ether oxygens (including phenoxy) is 1. The van der Waals surface area contributed by atoms with Gasteiger partial charge in [0.05, 0.1) is 24.4 Å². The minimum atomic E-state index is -0.552. The molecular weight excluding hydrogens is 304 g/mol. The number of urea groups is 1. The lowest BCUT2D eigenvalue weighted by Gasteiger charge is -2.30. The third-order valence-electron chi connectivity index (χ3n) is 4.96. The van der Waals surface area contributed by atoms with Gasteiger partial charge in [-0.2, -0.15) is 0 Å². The second kappa shape index (κ2) is 7.53. The Kier molecular flexibility index (Phi) is 5.41. The first-order chi connectivity index (χ1) is 11.5. The molecule has 2 atom stereocenters. The van der Waals surface area contributed by atoms with Crippen molar-refractivity contribution in [1.82, 2.24) is 10.6 Å². The molecule has 24 heavy (non-hydrogen) atoms. The Balaban J connectivity index is 1.49. The van der Waals surface area contributed by atoms with Crippen LogP contribution in [0.4, 0.5) is 4.79 Å². The third kappa shape index (κ3) is 4.08. The van der Waals surface area contributed by atoms with Gasteiger partial charge in [0.1, 0.15) is 0 Å². The molecule has 0 unspecified atom stereocenters. The van der Waals surface area contributed by atoms with Crippen LogP contribution in [-0.4, -0.2) is 35.5 Å². The van der Waals surface area contributed by atoms with E-state index >= 15 is 0 Å². The molecule has 1 saturated carbocycles. The Labute approximate surface area is 143 Å². The van der Waals surface area contributed by atoms with E-state index in [0.29, 0.717) is 12.5 Å². The van der Waals surface area contributed by atoms with Crippen molar-refractivity contribution in [2.75, 3.05) is 0 Å². The molecule has 3 N–H and O–H groups in total. The predicted molar refractivity (Wildman–Crippen MR) is 92.8 cm³/mol. The number of aliphatic hydroxyl groups excluding tert-OH is 1. The van der Waals surface area contributed by atoms with E-state index in [4.69, 9.17) is 4.74 Å². The van der Waals surface area contributed by atoms with E-state index in [1.807, 2.05) is 24.3 Å². The zero-order valence-electron chi connectivity index (χ0n) is 14.5. The van der Waals surface area contributed by atoms with Gasteiger partial charge in [-0.15, -0.1) is 0 Å². The van der Waals surface area contributed by atoms with Crippen LogP contribution < -0.4 is 10.6 Å². The number of hydrogen-bond donors (Lipinski definition) is 3. The minimum absolute atomic E-state index is 0.186. The highest BCUT2D eigenvalue weighted by molar-refractivity contribution is 5.75. The van der Waals surface area contributed by atoms with Crippen molar-refractivity contribution in [3.05, 3.63) is 35.4 Å². The smallest absolute Gasteiger partial charge is 0.315 e. The number of aliphatic hydroxyl groups is 1. The molecule has 2 amide bonds. The summed E-state index contributed by atoms with van der Waals surface area (Å²) in [6, 6.07) is 7.57. The van der Waals surface area contributed by atoms with Gasteiger partial charge in [0.15, 0.2) is 0 Å². The number of carbonyl (C=O) groups is 1. The molecule has 0 spiro atoms. The lowest BCUT2D eigenvalue weighted by atomic mass is 9.93. The second-order valence-electron chi connectivity index (χ2n) is 7.22. The van der Waals surface area contributed by atoms with Crippen LogP contribution in [-0.2, 0) is 11.2 Å². The predicted octanol–water partition coefficient (Wildman–Crippen LogP) is 2.68. The number of fused-ring (bicyclic) bond motifs is 1. The summed E-state index contributed by atoms with van der Waals surface area (Å²) in [5.41, 5.74) is 2.14. The molecule has 5 nitrogen and oxygen atoms in total. The highest BCUT2D eigenvalue weighted by Crippen LogP contribution is 2.31. The maximum absolute atomic E-state index is 12.3. The minimum Gasteiger partial charge on any atom is -0.390 e. The Hall–Kier alpha value is -1.59. The van der Waals surface area contributed by atoms with Crippen molar-refractivity contribution in [2.45, 2.75) is 76.3 Å². The number of amides is 2. The van der Waals surface area contributed by atoms with Gasteiger partial charge in [-0.1, -0.05) is 24.3 Å². The molecule has 0 heterocycles. The summed E-state index contributed by atoms with van der Waals surface area (Å²) in [6.07, 6.45) is 4.46. The average molecular weight is 332 g/mol. The Morgan fingerprint density at radius 1 is 1.17 bits per heavy atom. The van der Waals surface area contributed by atoms with Crippen molar-refractivity contribution in [3.63, 3.8) is 0 Å². The number of benzene rings is 1. The number of nitrogens with one attached hydrogen (secondary N) is 2. The maximum atomic E-state index is 12.3. The number of hydrogen-bond acceptors (Lipinski definition) is 3. The summed E-state index contributed by atoms with van der Waals surface area (Å²) < 4.78 is 5.84. The topological polar surface area (TPSA) is 70.6 Å². The van der Waals surface area contributed by atoms with Crippen LogP contribution in [0.2, 0.25) is 0 Å². The monoisotopic (exact) mass is 332 g/mol. The fourth-order valence-electron chi connectivity index (χ4n) is 3.84. The van der Waals surface area contributed by atoms with Crippen LogP contribution in [0, 0.1) is 0 Å². The highest BCUT2D eigenvalue weighted by Gasteiger charge is 2.32. The van der Waals surface area contributed by atoms with Gasteiger partial charge in [-0.05, 0) is 50.7 Å².